The van der Waals surface area contributed by atoms with E-state index in [4.69, 9.17) is 9.15 Å². The molecule has 0 saturated carbocycles. The van der Waals surface area contributed by atoms with Crippen LogP contribution in [0.1, 0.15) is 30.2 Å². The molecular formula is C19H27N3O2. The minimum atomic E-state index is 0.522. The van der Waals surface area contributed by atoms with Gasteiger partial charge >= 0.3 is 0 Å². The van der Waals surface area contributed by atoms with Gasteiger partial charge in [-0.25, -0.2) is 0 Å². The molecule has 0 bridgehead atoms. The summed E-state index contributed by atoms with van der Waals surface area (Å²) in [5.74, 6) is 1.67. The molecule has 1 heterocycles. The van der Waals surface area contributed by atoms with Crippen molar-refractivity contribution < 1.29 is 9.15 Å². The zero-order chi connectivity index (χ0) is 17.0. The second kappa shape index (κ2) is 10.5. The Balaban J connectivity index is 1.62. The zero-order valence-electron chi connectivity index (χ0n) is 14.5. The van der Waals surface area contributed by atoms with E-state index in [-0.39, 0.29) is 0 Å². The molecule has 0 aliphatic rings. The molecule has 2 aromatic rings. The molecule has 0 atom stereocenters. The molecule has 0 aliphatic carbocycles. The molecule has 0 amide bonds. The van der Waals surface area contributed by atoms with Gasteiger partial charge in [-0.2, -0.15) is 0 Å². The van der Waals surface area contributed by atoms with Crippen LogP contribution in [0.2, 0.25) is 0 Å². The maximum Gasteiger partial charge on any atom is 0.191 e. The summed E-state index contributed by atoms with van der Waals surface area (Å²) in [4.78, 5) is 4.26. The highest BCUT2D eigenvalue weighted by Gasteiger charge is 2.02. The molecule has 0 radical (unpaired) electrons. The monoisotopic (exact) mass is 329 g/mol. The average molecular weight is 329 g/mol. The van der Waals surface area contributed by atoms with Gasteiger partial charge in [-0.3, -0.25) is 4.99 Å². The van der Waals surface area contributed by atoms with Crippen LogP contribution in [0, 0.1) is 0 Å². The van der Waals surface area contributed by atoms with Crippen molar-refractivity contribution in [2.24, 2.45) is 4.99 Å². The Labute approximate surface area is 144 Å². The Bertz CT molecular complexity index is 609. The lowest BCUT2D eigenvalue weighted by Gasteiger charge is -2.13. The second-order valence-electron chi connectivity index (χ2n) is 5.46. The first-order valence-electron chi connectivity index (χ1n) is 8.45. The average Bonchev–Trinajstić information content (AvgIpc) is 3.14. The summed E-state index contributed by atoms with van der Waals surface area (Å²) in [5, 5.41) is 6.66. The van der Waals surface area contributed by atoms with Crippen molar-refractivity contribution in [3.63, 3.8) is 0 Å². The number of furan rings is 1. The van der Waals surface area contributed by atoms with E-state index in [9.17, 15) is 0 Å². The number of hydrogen-bond donors (Lipinski definition) is 2. The van der Waals surface area contributed by atoms with E-state index < -0.39 is 0 Å². The third-order valence-electron chi connectivity index (χ3n) is 3.75. The highest BCUT2D eigenvalue weighted by atomic mass is 16.5. The van der Waals surface area contributed by atoms with Gasteiger partial charge in [0.05, 0.1) is 6.26 Å². The van der Waals surface area contributed by atoms with Crippen molar-refractivity contribution in [2.45, 2.75) is 32.9 Å². The first-order valence-corrected chi connectivity index (χ1v) is 8.45. The molecule has 0 unspecified atom stereocenters. The Kier molecular flexibility index (Phi) is 7.90. The molecule has 2 N–H and O–H groups in total. The molecule has 0 fully saturated rings. The lowest BCUT2D eigenvalue weighted by Crippen LogP contribution is -2.37. The summed E-state index contributed by atoms with van der Waals surface area (Å²) in [6, 6.07) is 12.3. The normalized spacial score (nSPS) is 11.5. The highest BCUT2D eigenvalue weighted by molar-refractivity contribution is 5.79. The van der Waals surface area contributed by atoms with Crippen molar-refractivity contribution >= 4 is 5.96 Å². The van der Waals surface area contributed by atoms with Crippen LogP contribution in [0.25, 0.3) is 0 Å². The number of nitrogens with one attached hydrogen (secondary N) is 2. The van der Waals surface area contributed by atoms with Crippen LogP contribution < -0.4 is 10.6 Å². The smallest absolute Gasteiger partial charge is 0.191 e. The van der Waals surface area contributed by atoms with Gasteiger partial charge in [-0.1, -0.05) is 31.2 Å². The molecule has 130 valence electrons. The topological polar surface area (TPSA) is 58.8 Å². The number of aliphatic imine (C=N–C) groups is 1. The lowest BCUT2D eigenvalue weighted by molar-refractivity contribution is 0.105. The largest absolute Gasteiger partial charge is 0.467 e. The third kappa shape index (κ3) is 6.08. The van der Waals surface area contributed by atoms with Crippen molar-refractivity contribution in [1.29, 1.82) is 0 Å². The van der Waals surface area contributed by atoms with Gasteiger partial charge in [0.2, 0.25) is 0 Å². The lowest BCUT2D eigenvalue weighted by atomic mass is 10.1. The summed E-state index contributed by atoms with van der Waals surface area (Å²) < 4.78 is 10.8. The predicted molar refractivity (Wildman–Crippen MR) is 97.0 cm³/mol. The first kappa shape index (κ1) is 18.1. The number of nitrogens with zero attached hydrogens (tertiary/aromatic N) is 1. The summed E-state index contributed by atoms with van der Waals surface area (Å²) in [5.41, 5.74) is 2.68. The number of benzene rings is 1. The van der Waals surface area contributed by atoms with Gasteiger partial charge in [-0.15, -0.1) is 0 Å². The maximum absolute atomic E-state index is 5.56. The SMILES string of the molecule is CCc1ccccc1CNC(=NC)NCCCOCc1ccco1. The van der Waals surface area contributed by atoms with Crippen LogP contribution in [0.15, 0.2) is 52.1 Å². The number of hydrogen-bond acceptors (Lipinski definition) is 3. The Morgan fingerprint density at radius 2 is 1.96 bits per heavy atom. The highest BCUT2D eigenvalue weighted by Crippen LogP contribution is 2.08. The van der Waals surface area contributed by atoms with Gasteiger partial charge in [0.1, 0.15) is 12.4 Å². The van der Waals surface area contributed by atoms with E-state index in [0.29, 0.717) is 13.2 Å². The van der Waals surface area contributed by atoms with Gasteiger partial charge in [-0.05, 0) is 36.1 Å². The van der Waals surface area contributed by atoms with Crippen molar-refractivity contribution in [1.82, 2.24) is 10.6 Å². The van der Waals surface area contributed by atoms with E-state index in [1.165, 1.54) is 11.1 Å². The minimum absolute atomic E-state index is 0.522. The molecule has 5 heteroatoms. The fourth-order valence-corrected chi connectivity index (χ4v) is 2.42. The first-order chi connectivity index (χ1) is 11.8. The van der Waals surface area contributed by atoms with E-state index >= 15 is 0 Å². The number of ether oxygens (including phenoxy) is 1. The third-order valence-corrected chi connectivity index (χ3v) is 3.75. The Hall–Kier alpha value is -2.27. The van der Waals surface area contributed by atoms with Crippen LogP contribution in [-0.2, 0) is 24.3 Å². The van der Waals surface area contributed by atoms with Crippen molar-refractivity contribution in [3.8, 4) is 0 Å². The summed E-state index contributed by atoms with van der Waals surface area (Å²) in [6.07, 6.45) is 3.61. The molecule has 24 heavy (non-hydrogen) atoms. The molecule has 1 aromatic heterocycles. The maximum atomic E-state index is 5.56. The Morgan fingerprint density at radius 1 is 1.12 bits per heavy atom. The molecule has 0 saturated heterocycles. The van der Waals surface area contributed by atoms with E-state index in [0.717, 1.165) is 37.7 Å². The standard InChI is InChI=1S/C19H27N3O2/c1-3-16-8-4-5-9-17(16)14-22-19(20-2)21-11-7-12-23-15-18-10-6-13-24-18/h4-6,8-10,13H,3,7,11-12,14-15H2,1-2H3,(H2,20,21,22). The van der Waals surface area contributed by atoms with Crippen LogP contribution >= 0.6 is 0 Å². The summed E-state index contributed by atoms with van der Waals surface area (Å²) >= 11 is 0. The summed E-state index contributed by atoms with van der Waals surface area (Å²) in [6.45, 7) is 4.97. The van der Waals surface area contributed by atoms with Crippen molar-refractivity contribution in [3.05, 3.63) is 59.5 Å². The number of rotatable bonds is 9. The van der Waals surface area contributed by atoms with Crippen LogP contribution in [0.5, 0.6) is 0 Å². The fraction of sp³-hybridized carbons (Fsp3) is 0.421. The van der Waals surface area contributed by atoms with E-state index in [1.54, 1.807) is 13.3 Å². The molecule has 5 nitrogen and oxygen atoms in total. The Morgan fingerprint density at radius 3 is 2.67 bits per heavy atom. The van der Waals surface area contributed by atoms with Gasteiger partial charge in [0.25, 0.3) is 0 Å². The van der Waals surface area contributed by atoms with Crippen LogP contribution in [-0.4, -0.2) is 26.2 Å². The second-order valence-corrected chi connectivity index (χ2v) is 5.46. The fourth-order valence-electron chi connectivity index (χ4n) is 2.42. The van der Waals surface area contributed by atoms with Gasteiger partial charge < -0.3 is 19.8 Å². The molecule has 0 aliphatic heterocycles. The zero-order valence-corrected chi connectivity index (χ0v) is 14.5. The molecular weight excluding hydrogens is 302 g/mol. The van der Waals surface area contributed by atoms with Crippen molar-refractivity contribution in [2.75, 3.05) is 20.2 Å². The summed E-state index contributed by atoms with van der Waals surface area (Å²) in [7, 11) is 1.79. The van der Waals surface area contributed by atoms with Crippen LogP contribution in [0.3, 0.4) is 0 Å². The molecule has 1 aromatic carbocycles. The minimum Gasteiger partial charge on any atom is -0.467 e. The number of guanidine groups is 1. The number of aryl methyl sites for hydroxylation is 1. The molecule has 2 rings (SSSR count). The van der Waals surface area contributed by atoms with E-state index in [2.05, 4.69) is 46.8 Å². The van der Waals surface area contributed by atoms with Gasteiger partial charge in [0.15, 0.2) is 5.96 Å². The van der Waals surface area contributed by atoms with E-state index in [1.807, 2.05) is 12.1 Å². The van der Waals surface area contributed by atoms with Gasteiger partial charge in [0, 0.05) is 26.7 Å². The predicted octanol–water partition coefficient (Wildman–Crippen LogP) is 3.11. The quantitative estimate of drug-likeness (QED) is 0.422. The molecule has 0 spiro atoms. The van der Waals surface area contributed by atoms with Crippen LogP contribution in [0.4, 0.5) is 0 Å².